The third-order valence-electron chi connectivity index (χ3n) is 2.33. The number of nitrogens with two attached hydrogens (primary N) is 1. The van der Waals surface area contributed by atoms with Crippen molar-refractivity contribution < 1.29 is 9.66 Å². The molecule has 106 valence electrons. The number of rotatable bonds is 3. The van der Waals surface area contributed by atoms with Gasteiger partial charge in [0.2, 0.25) is 11.6 Å². The first-order valence-corrected chi connectivity index (χ1v) is 7.13. The maximum absolute atomic E-state index is 11.1. The van der Waals surface area contributed by atoms with Crippen LogP contribution < -0.4 is 10.5 Å². The molecule has 0 radical (unpaired) electrons. The Kier molecular flexibility index (Phi) is 4.53. The van der Waals surface area contributed by atoms with Gasteiger partial charge in [0.05, 0.1) is 20.1 Å². The lowest BCUT2D eigenvalue weighted by atomic mass is 10.2. The largest absolute Gasteiger partial charge is 0.429 e. The molecule has 10 heteroatoms. The zero-order valence-electron chi connectivity index (χ0n) is 10.1. The standard InChI is InChI=1S/C11H5BrIN5O3/c12-8-10(15)16-4-17-11(8)21-9-6(13)1-5(3-14)2-7(9)18(19)20/h1-2,4H,(H2,15,16,17). The van der Waals surface area contributed by atoms with Crippen LogP contribution in [0.2, 0.25) is 0 Å². The SMILES string of the molecule is N#Cc1cc(I)c(Oc2ncnc(N)c2Br)c([N+](=O)[O-])c1. The van der Waals surface area contributed by atoms with Crippen LogP contribution in [0.15, 0.2) is 22.9 Å². The smallest absolute Gasteiger partial charge is 0.314 e. The monoisotopic (exact) mass is 461 g/mol. The Balaban J connectivity index is 2.56. The van der Waals surface area contributed by atoms with Crippen molar-refractivity contribution in [3.63, 3.8) is 0 Å². The molecule has 0 aliphatic heterocycles. The number of hydrogen-bond donors (Lipinski definition) is 1. The second kappa shape index (κ2) is 6.19. The van der Waals surface area contributed by atoms with Crippen LogP contribution in [0.4, 0.5) is 11.5 Å². The maximum atomic E-state index is 11.1. The molecule has 0 saturated carbocycles. The molecule has 1 heterocycles. The number of nitro groups is 1. The van der Waals surface area contributed by atoms with Gasteiger partial charge in [-0.25, -0.2) is 9.97 Å². The molecule has 0 saturated heterocycles. The zero-order chi connectivity index (χ0) is 15.6. The quantitative estimate of drug-likeness (QED) is 0.422. The van der Waals surface area contributed by atoms with Crippen molar-refractivity contribution in [3.05, 3.63) is 42.2 Å². The van der Waals surface area contributed by atoms with E-state index >= 15 is 0 Å². The molecule has 0 fully saturated rings. The second-order valence-electron chi connectivity index (χ2n) is 3.66. The fourth-order valence-electron chi connectivity index (χ4n) is 1.41. The van der Waals surface area contributed by atoms with E-state index in [2.05, 4.69) is 25.9 Å². The highest BCUT2D eigenvalue weighted by Gasteiger charge is 2.23. The summed E-state index contributed by atoms with van der Waals surface area (Å²) in [7, 11) is 0. The van der Waals surface area contributed by atoms with Gasteiger partial charge < -0.3 is 10.5 Å². The van der Waals surface area contributed by atoms with Crippen molar-refractivity contribution in [1.82, 2.24) is 9.97 Å². The number of benzene rings is 1. The first kappa shape index (κ1) is 15.4. The number of nitrogen functional groups attached to an aromatic ring is 1. The summed E-state index contributed by atoms with van der Waals surface area (Å²) in [6.07, 6.45) is 1.18. The topological polar surface area (TPSA) is 128 Å². The molecule has 0 amide bonds. The molecule has 2 N–H and O–H groups in total. The third-order valence-corrected chi connectivity index (χ3v) is 3.88. The van der Waals surface area contributed by atoms with Gasteiger partial charge in [0, 0.05) is 6.07 Å². The van der Waals surface area contributed by atoms with Crippen molar-refractivity contribution in [2.45, 2.75) is 0 Å². The van der Waals surface area contributed by atoms with E-state index in [4.69, 9.17) is 15.7 Å². The molecule has 0 aliphatic carbocycles. The van der Waals surface area contributed by atoms with Gasteiger partial charge in [0.15, 0.2) is 0 Å². The van der Waals surface area contributed by atoms with Crippen molar-refractivity contribution in [2.24, 2.45) is 0 Å². The molecule has 2 rings (SSSR count). The Hall–Kier alpha value is -2.00. The molecule has 21 heavy (non-hydrogen) atoms. The summed E-state index contributed by atoms with van der Waals surface area (Å²) < 4.78 is 6.17. The minimum absolute atomic E-state index is 0.0154. The van der Waals surface area contributed by atoms with E-state index in [1.165, 1.54) is 12.4 Å². The first-order chi connectivity index (χ1) is 9.93. The minimum Gasteiger partial charge on any atom is -0.429 e. The lowest BCUT2D eigenvalue weighted by Gasteiger charge is -2.09. The van der Waals surface area contributed by atoms with E-state index in [1.807, 2.05) is 28.7 Å². The van der Waals surface area contributed by atoms with E-state index in [0.29, 0.717) is 8.04 Å². The van der Waals surface area contributed by atoms with Crippen LogP contribution in [0.3, 0.4) is 0 Å². The molecule has 0 bridgehead atoms. The van der Waals surface area contributed by atoms with Crippen molar-refractivity contribution in [3.8, 4) is 17.7 Å². The molecule has 1 aromatic heterocycles. The predicted octanol–water partition coefficient (Wildman–Crippen LogP) is 3.00. The highest BCUT2D eigenvalue weighted by atomic mass is 127. The Bertz CT molecular complexity index is 777. The number of aromatic nitrogens is 2. The summed E-state index contributed by atoms with van der Waals surface area (Å²) in [6, 6.07) is 4.46. The van der Waals surface area contributed by atoms with Gasteiger partial charge >= 0.3 is 5.69 Å². The van der Waals surface area contributed by atoms with Crippen molar-refractivity contribution >= 4 is 50.0 Å². The van der Waals surface area contributed by atoms with Gasteiger partial charge in [-0.15, -0.1) is 0 Å². The summed E-state index contributed by atoms with van der Waals surface area (Å²) in [4.78, 5) is 18.1. The number of anilines is 1. The van der Waals surface area contributed by atoms with Gasteiger partial charge in [0.25, 0.3) is 0 Å². The van der Waals surface area contributed by atoms with Crippen LogP contribution in [-0.2, 0) is 0 Å². The van der Waals surface area contributed by atoms with E-state index in [9.17, 15) is 10.1 Å². The predicted molar refractivity (Wildman–Crippen MR) is 84.7 cm³/mol. The van der Waals surface area contributed by atoms with Crippen LogP contribution in [0.1, 0.15) is 5.56 Å². The average molecular weight is 462 g/mol. The Morgan fingerprint density at radius 1 is 1.48 bits per heavy atom. The minimum atomic E-state index is -0.628. The van der Waals surface area contributed by atoms with Gasteiger partial charge in [-0.2, -0.15) is 5.26 Å². The molecule has 2 aromatic rings. The molecular formula is C11H5BrIN5O3. The maximum Gasteiger partial charge on any atom is 0.314 e. The van der Waals surface area contributed by atoms with Crippen LogP contribution in [-0.4, -0.2) is 14.9 Å². The molecular weight excluding hydrogens is 457 g/mol. The molecule has 0 aliphatic rings. The molecule has 0 atom stereocenters. The van der Waals surface area contributed by atoms with Crippen LogP contribution >= 0.6 is 38.5 Å². The van der Waals surface area contributed by atoms with Crippen molar-refractivity contribution in [1.29, 1.82) is 5.26 Å². The Morgan fingerprint density at radius 3 is 2.81 bits per heavy atom. The summed E-state index contributed by atoms with van der Waals surface area (Å²) in [5.74, 6) is 0.179. The van der Waals surface area contributed by atoms with Crippen molar-refractivity contribution in [2.75, 3.05) is 5.73 Å². The fraction of sp³-hybridized carbons (Fsp3) is 0. The Labute approximate surface area is 140 Å². The number of hydrogen-bond acceptors (Lipinski definition) is 7. The number of nitrogens with zero attached hydrogens (tertiary/aromatic N) is 4. The highest BCUT2D eigenvalue weighted by Crippen LogP contribution is 2.39. The van der Waals surface area contributed by atoms with E-state index < -0.39 is 4.92 Å². The van der Waals surface area contributed by atoms with Crippen LogP contribution in [0.5, 0.6) is 11.6 Å². The zero-order valence-corrected chi connectivity index (χ0v) is 13.8. The summed E-state index contributed by atoms with van der Waals surface area (Å²) in [5, 5.41) is 20.0. The van der Waals surface area contributed by atoms with Crippen LogP contribution in [0, 0.1) is 25.0 Å². The average Bonchev–Trinajstić information content (AvgIpc) is 2.45. The summed E-state index contributed by atoms with van der Waals surface area (Å²) in [6.45, 7) is 0. The molecule has 0 spiro atoms. The molecule has 1 aromatic carbocycles. The lowest BCUT2D eigenvalue weighted by molar-refractivity contribution is -0.385. The number of halogens is 2. The third kappa shape index (κ3) is 3.19. The van der Waals surface area contributed by atoms with E-state index in [1.54, 1.807) is 0 Å². The molecule has 0 unspecified atom stereocenters. The normalized spacial score (nSPS) is 9.95. The number of ether oxygens (including phenoxy) is 1. The lowest BCUT2D eigenvalue weighted by Crippen LogP contribution is -2.00. The first-order valence-electron chi connectivity index (χ1n) is 5.26. The van der Waals surface area contributed by atoms with E-state index in [-0.39, 0.29) is 28.7 Å². The Morgan fingerprint density at radius 2 is 2.19 bits per heavy atom. The van der Waals surface area contributed by atoms with Gasteiger partial charge in [-0.3, -0.25) is 10.1 Å². The van der Waals surface area contributed by atoms with Gasteiger partial charge in [-0.05, 0) is 44.6 Å². The van der Waals surface area contributed by atoms with Gasteiger partial charge in [0.1, 0.15) is 16.6 Å². The number of nitro benzene ring substituents is 1. The molecule has 8 nitrogen and oxygen atoms in total. The van der Waals surface area contributed by atoms with Gasteiger partial charge in [-0.1, -0.05) is 0 Å². The number of nitriles is 1. The van der Waals surface area contributed by atoms with Crippen LogP contribution in [0.25, 0.3) is 0 Å². The summed E-state index contributed by atoms with van der Waals surface area (Å²) in [5.41, 5.74) is 5.43. The van der Waals surface area contributed by atoms with E-state index in [0.717, 1.165) is 6.07 Å². The highest BCUT2D eigenvalue weighted by molar-refractivity contribution is 14.1. The fourth-order valence-corrected chi connectivity index (χ4v) is 2.42. The second-order valence-corrected chi connectivity index (χ2v) is 5.61. The summed E-state index contributed by atoms with van der Waals surface area (Å²) >= 11 is 5.00.